The fourth-order valence-electron chi connectivity index (χ4n) is 5.08. The molecule has 4 rings (SSSR count). The lowest BCUT2D eigenvalue weighted by Crippen LogP contribution is -2.54. The molecule has 0 aliphatic rings. The zero-order valence-corrected chi connectivity index (χ0v) is 28.0. The molecule has 4 aromatic rings. The van der Waals surface area contributed by atoms with E-state index in [-0.39, 0.29) is 29.8 Å². The molecule has 9 heteroatoms. The van der Waals surface area contributed by atoms with Gasteiger partial charge in [-0.05, 0) is 80.3 Å². The number of ether oxygens (including phenoxy) is 1. The number of sulfonamides is 1. The van der Waals surface area contributed by atoms with Crippen molar-refractivity contribution in [3.8, 4) is 5.75 Å². The van der Waals surface area contributed by atoms with Crippen LogP contribution in [0, 0.1) is 13.8 Å². The highest BCUT2D eigenvalue weighted by Gasteiger charge is 2.35. The summed E-state index contributed by atoms with van der Waals surface area (Å²) in [5.74, 6) is -0.279. The monoisotopic (exact) mass is 641 g/mol. The summed E-state index contributed by atoms with van der Waals surface area (Å²) in [5.41, 5.74) is 4.00. The van der Waals surface area contributed by atoms with Gasteiger partial charge < -0.3 is 15.0 Å². The Labute approximate surface area is 273 Å². The fourth-order valence-corrected chi connectivity index (χ4v) is 6.49. The Morgan fingerprint density at radius 2 is 1.48 bits per heavy atom. The van der Waals surface area contributed by atoms with E-state index in [9.17, 15) is 18.0 Å². The number of nitrogens with zero attached hydrogens (tertiary/aromatic N) is 2. The predicted molar refractivity (Wildman–Crippen MR) is 182 cm³/mol. The van der Waals surface area contributed by atoms with Crippen LogP contribution in [0.1, 0.15) is 42.5 Å². The Hall–Kier alpha value is -4.63. The highest BCUT2D eigenvalue weighted by atomic mass is 32.2. The van der Waals surface area contributed by atoms with Crippen molar-refractivity contribution in [1.29, 1.82) is 0 Å². The van der Waals surface area contributed by atoms with E-state index < -0.39 is 28.5 Å². The summed E-state index contributed by atoms with van der Waals surface area (Å²) in [6, 6.07) is 29.3. The van der Waals surface area contributed by atoms with E-state index >= 15 is 0 Å². The number of benzene rings is 4. The number of hydrogen-bond acceptors (Lipinski definition) is 5. The molecule has 0 aliphatic carbocycles. The highest BCUT2D eigenvalue weighted by Crippen LogP contribution is 2.27. The molecule has 0 aliphatic heterocycles. The van der Waals surface area contributed by atoms with Gasteiger partial charge in [0.25, 0.3) is 10.0 Å². The summed E-state index contributed by atoms with van der Waals surface area (Å²) in [6.07, 6.45) is 0.979. The van der Waals surface area contributed by atoms with E-state index in [2.05, 4.69) is 5.32 Å². The second-order valence-electron chi connectivity index (χ2n) is 11.5. The van der Waals surface area contributed by atoms with Crippen LogP contribution in [0.25, 0.3) is 0 Å². The van der Waals surface area contributed by atoms with Gasteiger partial charge in [0.05, 0.1) is 17.7 Å². The first-order chi connectivity index (χ1) is 22.0. The van der Waals surface area contributed by atoms with Crippen LogP contribution in [-0.2, 0) is 32.6 Å². The lowest BCUT2D eigenvalue weighted by atomic mass is 10.0. The Balaban J connectivity index is 1.81. The fraction of sp³-hybridized carbons (Fsp3) is 0.297. The van der Waals surface area contributed by atoms with Crippen LogP contribution in [0.3, 0.4) is 0 Å². The quantitative estimate of drug-likeness (QED) is 0.181. The van der Waals surface area contributed by atoms with Gasteiger partial charge in [-0.2, -0.15) is 0 Å². The Morgan fingerprint density at radius 3 is 2.09 bits per heavy atom. The summed E-state index contributed by atoms with van der Waals surface area (Å²) in [7, 11) is -2.69. The molecule has 2 atom stereocenters. The first kappa shape index (κ1) is 34.2. The molecule has 0 bridgehead atoms. The van der Waals surface area contributed by atoms with Gasteiger partial charge in [-0.1, -0.05) is 79.2 Å². The van der Waals surface area contributed by atoms with Crippen molar-refractivity contribution < 1.29 is 22.7 Å². The van der Waals surface area contributed by atoms with Gasteiger partial charge in [0.15, 0.2) is 0 Å². The van der Waals surface area contributed by atoms with Gasteiger partial charge in [0, 0.05) is 19.0 Å². The summed E-state index contributed by atoms with van der Waals surface area (Å²) < 4.78 is 34.8. The van der Waals surface area contributed by atoms with Crippen molar-refractivity contribution in [2.24, 2.45) is 0 Å². The Morgan fingerprint density at radius 1 is 0.848 bits per heavy atom. The molecule has 0 spiro atoms. The number of methoxy groups -OCH3 is 1. The van der Waals surface area contributed by atoms with Crippen LogP contribution < -0.4 is 14.4 Å². The molecule has 0 fully saturated rings. The maximum atomic E-state index is 14.6. The lowest BCUT2D eigenvalue weighted by molar-refractivity contribution is -0.140. The van der Waals surface area contributed by atoms with Crippen molar-refractivity contribution in [2.45, 2.75) is 64.1 Å². The number of aryl methyl sites for hydroxylation is 2. The third-order valence-corrected chi connectivity index (χ3v) is 9.91. The average Bonchev–Trinajstić information content (AvgIpc) is 3.06. The number of rotatable bonds is 14. The zero-order chi connectivity index (χ0) is 33.3. The maximum absolute atomic E-state index is 14.6. The smallest absolute Gasteiger partial charge is 0.264 e. The standard InChI is InChI=1S/C37H43N3O5S/c1-6-29(4)38-37(42)35(24-30-13-8-7-9-14-30)39(25-31-15-11-10-12-28(31)3)36(41)26-40(32-18-16-27(2)17-19-32)46(43,44)34-22-20-33(45-5)21-23-34/h7-23,29,35H,6,24-26H2,1-5H3,(H,38,42)/t29-,35-/m0/s1. The third kappa shape index (κ3) is 8.54. The first-order valence-corrected chi connectivity index (χ1v) is 16.9. The average molecular weight is 642 g/mol. The number of anilines is 1. The molecular formula is C37H43N3O5S. The second-order valence-corrected chi connectivity index (χ2v) is 13.4. The topological polar surface area (TPSA) is 96.0 Å². The minimum absolute atomic E-state index is 0.0162. The Bertz CT molecular complexity index is 1710. The van der Waals surface area contributed by atoms with Crippen LogP contribution in [-0.4, -0.2) is 50.9 Å². The van der Waals surface area contributed by atoms with Crippen molar-refractivity contribution in [3.05, 3.63) is 125 Å². The van der Waals surface area contributed by atoms with Crippen LogP contribution in [0.5, 0.6) is 5.75 Å². The van der Waals surface area contributed by atoms with E-state index in [0.717, 1.165) is 33.0 Å². The van der Waals surface area contributed by atoms with E-state index in [1.807, 2.05) is 82.3 Å². The maximum Gasteiger partial charge on any atom is 0.264 e. The molecule has 0 saturated carbocycles. The van der Waals surface area contributed by atoms with Gasteiger partial charge >= 0.3 is 0 Å². The van der Waals surface area contributed by atoms with Crippen LogP contribution >= 0.6 is 0 Å². The van der Waals surface area contributed by atoms with Gasteiger partial charge in [-0.15, -0.1) is 0 Å². The molecule has 0 aromatic heterocycles. The molecule has 4 aromatic carbocycles. The van der Waals surface area contributed by atoms with Crippen LogP contribution in [0.4, 0.5) is 5.69 Å². The predicted octanol–water partition coefficient (Wildman–Crippen LogP) is 6.06. The molecule has 2 amide bonds. The van der Waals surface area contributed by atoms with Crippen molar-refractivity contribution in [1.82, 2.24) is 10.2 Å². The molecule has 46 heavy (non-hydrogen) atoms. The minimum Gasteiger partial charge on any atom is -0.497 e. The SMILES string of the molecule is CC[C@H](C)NC(=O)[C@H](Cc1ccccc1)N(Cc1ccccc1C)C(=O)CN(c1ccc(C)cc1)S(=O)(=O)c1ccc(OC)cc1. The number of carbonyl (C=O) groups excluding carboxylic acids is 2. The van der Waals surface area contributed by atoms with Crippen LogP contribution in [0.2, 0.25) is 0 Å². The van der Waals surface area contributed by atoms with Crippen molar-refractivity contribution >= 4 is 27.5 Å². The molecule has 242 valence electrons. The normalized spacial score (nSPS) is 12.5. The molecule has 8 nitrogen and oxygen atoms in total. The molecule has 1 N–H and O–H groups in total. The van der Waals surface area contributed by atoms with Crippen molar-refractivity contribution in [2.75, 3.05) is 18.0 Å². The highest BCUT2D eigenvalue weighted by molar-refractivity contribution is 7.92. The lowest BCUT2D eigenvalue weighted by Gasteiger charge is -2.34. The molecule has 0 heterocycles. The summed E-state index contributed by atoms with van der Waals surface area (Å²) in [4.78, 5) is 30.1. The minimum atomic E-state index is -4.20. The molecule has 0 saturated heterocycles. The largest absolute Gasteiger partial charge is 0.497 e. The summed E-state index contributed by atoms with van der Waals surface area (Å²) >= 11 is 0. The zero-order valence-electron chi connectivity index (χ0n) is 27.1. The van der Waals surface area contributed by atoms with Gasteiger partial charge in [0.2, 0.25) is 11.8 Å². The number of amides is 2. The second kappa shape index (κ2) is 15.6. The van der Waals surface area contributed by atoms with E-state index in [0.29, 0.717) is 11.4 Å². The van der Waals surface area contributed by atoms with Crippen molar-refractivity contribution in [3.63, 3.8) is 0 Å². The van der Waals surface area contributed by atoms with E-state index in [1.165, 1.54) is 24.1 Å². The number of hydrogen-bond donors (Lipinski definition) is 1. The van der Waals surface area contributed by atoms with Gasteiger partial charge in [-0.25, -0.2) is 8.42 Å². The molecule has 0 radical (unpaired) electrons. The summed E-state index contributed by atoms with van der Waals surface area (Å²) in [5, 5.41) is 3.07. The number of nitrogens with one attached hydrogen (secondary N) is 1. The third-order valence-electron chi connectivity index (χ3n) is 8.12. The first-order valence-electron chi connectivity index (χ1n) is 15.4. The molecular weight excluding hydrogens is 598 g/mol. The van der Waals surface area contributed by atoms with E-state index in [1.54, 1.807) is 36.4 Å². The van der Waals surface area contributed by atoms with Gasteiger partial charge in [0.1, 0.15) is 18.3 Å². The van der Waals surface area contributed by atoms with E-state index in [4.69, 9.17) is 4.74 Å². The summed E-state index contributed by atoms with van der Waals surface area (Å²) in [6.45, 7) is 7.39. The molecule has 0 unspecified atom stereocenters. The number of carbonyl (C=O) groups is 2. The van der Waals surface area contributed by atoms with Crippen LogP contribution in [0.15, 0.2) is 108 Å². The van der Waals surface area contributed by atoms with Gasteiger partial charge in [-0.3, -0.25) is 13.9 Å². The Kier molecular flexibility index (Phi) is 11.6.